The second-order valence-corrected chi connectivity index (χ2v) is 6.86. The van der Waals surface area contributed by atoms with Crippen molar-refractivity contribution in [3.05, 3.63) is 35.4 Å². The molecular formula is C14H21NO3S. The van der Waals surface area contributed by atoms with Gasteiger partial charge in [0.2, 0.25) is 0 Å². The van der Waals surface area contributed by atoms with Crippen LogP contribution in [0.15, 0.2) is 24.3 Å². The van der Waals surface area contributed by atoms with E-state index < -0.39 is 9.84 Å². The highest BCUT2D eigenvalue weighted by Crippen LogP contribution is 2.09. The molecule has 0 aromatic heterocycles. The Balaban J connectivity index is 2.59. The number of sulfone groups is 1. The van der Waals surface area contributed by atoms with Crippen molar-refractivity contribution >= 4 is 15.6 Å². The molecule has 0 atom stereocenters. The zero-order valence-corrected chi connectivity index (χ0v) is 12.1. The van der Waals surface area contributed by atoms with Crippen LogP contribution in [0.2, 0.25) is 0 Å². The Hall–Kier alpha value is -1.20. The van der Waals surface area contributed by atoms with E-state index in [-0.39, 0.29) is 23.7 Å². The number of hydrogen-bond donors (Lipinski definition) is 1. The normalized spacial score (nSPS) is 11.5. The van der Waals surface area contributed by atoms with Gasteiger partial charge in [0, 0.05) is 17.7 Å². The molecule has 106 valence electrons. The molecule has 1 aromatic rings. The Bertz CT molecular complexity index is 506. The molecule has 0 aliphatic rings. The molecule has 0 bridgehead atoms. The van der Waals surface area contributed by atoms with Crippen molar-refractivity contribution < 1.29 is 13.2 Å². The van der Waals surface area contributed by atoms with Gasteiger partial charge in [0.25, 0.3) is 0 Å². The molecule has 0 saturated heterocycles. The molecule has 0 spiro atoms. The minimum Gasteiger partial charge on any atom is -0.330 e. The van der Waals surface area contributed by atoms with Crippen LogP contribution in [-0.4, -0.2) is 32.3 Å². The molecule has 0 heterocycles. The average molecular weight is 283 g/mol. The number of carbonyl (C=O) groups excluding carboxylic acids is 1. The quantitative estimate of drug-likeness (QED) is 0.735. The molecule has 1 rings (SSSR count). The Morgan fingerprint density at radius 1 is 1.16 bits per heavy atom. The lowest BCUT2D eigenvalue weighted by molar-refractivity contribution is 0.0989. The fourth-order valence-corrected chi connectivity index (χ4v) is 3.15. The number of rotatable bonds is 8. The van der Waals surface area contributed by atoms with Gasteiger partial charge in [0.05, 0.1) is 5.75 Å². The highest BCUT2D eigenvalue weighted by molar-refractivity contribution is 7.91. The standard InChI is InChI=1S/C14H21NO3S/c1-2-10-19(17,18)11-8-14(16)13-5-3-12(4-6-13)7-9-15/h3-6H,2,7-11,15H2,1H3. The Labute approximate surface area is 114 Å². The van der Waals surface area contributed by atoms with Crippen molar-refractivity contribution in [3.8, 4) is 0 Å². The van der Waals surface area contributed by atoms with Crippen LogP contribution in [0.25, 0.3) is 0 Å². The Kier molecular flexibility index (Phi) is 6.18. The van der Waals surface area contributed by atoms with Crippen LogP contribution in [0.4, 0.5) is 0 Å². The van der Waals surface area contributed by atoms with E-state index in [1.807, 2.05) is 19.1 Å². The number of nitrogens with two attached hydrogens (primary N) is 1. The number of hydrogen-bond acceptors (Lipinski definition) is 4. The molecule has 0 saturated carbocycles. The SMILES string of the molecule is CCCS(=O)(=O)CCC(=O)c1ccc(CCN)cc1. The smallest absolute Gasteiger partial charge is 0.163 e. The van der Waals surface area contributed by atoms with Gasteiger partial charge >= 0.3 is 0 Å². The van der Waals surface area contributed by atoms with Crippen molar-refractivity contribution in [1.82, 2.24) is 0 Å². The van der Waals surface area contributed by atoms with Gasteiger partial charge in [0.15, 0.2) is 15.6 Å². The van der Waals surface area contributed by atoms with E-state index in [0.717, 1.165) is 12.0 Å². The summed E-state index contributed by atoms with van der Waals surface area (Å²) in [6.07, 6.45) is 1.42. The molecule has 1 aromatic carbocycles. The maximum atomic E-state index is 11.9. The third-order valence-corrected chi connectivity index (χ3v) is 4.72. The van der Waals surface area contributed by atoms with Gasteiger partial charge in [-0.3, -0.25) is 4.79 Å². The summed E-state index contributed by atoms with van der Waals surface area (Å²) in [6.45, 7) is 2.39. The molecule has 0 aliphatic heterocycles. The average Bonchev–Trinajstić information content (AvgIpc) is 2.37. The van der Waals surface area contributed by atoms with E-state index in [1.165, 1.54) is 0 Å². The third kappa shape index (κ3) is 5.53. The van der Waals surface area contributed by atoms with Crippen molar-refractivity contribution in [2.24, 2.45) is 5.73 Å². The van der Waals surface area contributed by atoms with E-state index in [4.69, 9.17) is 5.73 Å². The van der Waals surface area contributed by atoms with E-state index in [1.54, 1.807) is 12.1 Å². The van der Waals surface area contributed by atoms with Gasteiger partial charge in [-0.25, -0.2) is 8.42 Å². The number of carbonyl (C=O) groups is 1. The molecule has 5 heteroatoms. The molecule has 0 fully saturated rings. The molecule has 0 aliphatic carbocycles. The van der Waals surface area contributed by atoms with Crippen LogP contribution in [0.1, 0.15) is 35.7 Å². The first-order valence-corrected chi connectivity index (χ1v) is 8.33. The topological polar surface area (TPSA) is 77.2 Å². The molecular weight excluding hydrogens is 262 g/mol. The Morgan fingerprint density at radius 3 is 2.32 bits per heavy atom. The van der Waals surface area contributed by atoms with Crippen LogP contribution >= 0.6 is 0 Å². The lowest BCUT2D eigenvalue weighted by Gasteiger charge is -2.04. The number of ketones is 1. The van der Waals surface area contributed by atoms with Crippen molar-refractivity contribution in [2.45, 2.75) is 26.2 Å². The molecule has 2 N–H and O–H groups in total. The van der Waals surface area contributed by atoms with Crippen LogP contribution in [-0.2, 0) is 16.3 Å². The first-order chi connectivity index (χ1) is 8.98. The summed E-state index contributed by atoms with van der Waals surface area (Å²) in [5, 5.41) is 0. The third-order valence-electron chi connectivity index (χ3n) is 2.86. The lowest BCUT2D eigenvalue weighted by atomic mass is 10.1. The van der Waals surface area contributed by atoms with Crippen molar-refractivity contribution in [2.75, 3.05) is 18.1 Å². The zero-order valence-electron chi connectivity index (χ0n) is 11.3. The van der Waals surface area contributed by atoms with Gasteiger partial charge in [0.1, 0.15) is 0 Å². The fourth-order valence-electron chi connectivity index (χ4n) is 1.83. The predicted octanol–water partition coefficient (Wildman–Crippen LogP) is 1.59. The predicted molar refractivity (Wildman–Crippen MR) is 77.1 cm³/mol. The highest BCUT2D eigenvalue weighted by Gasteiger charge is 2.13. The van der Waals surface area contributed by atoms with Gasteiger partial charge < -0.3 is 5.73 Å². The van der Waals surface area contributed by atoms with Crippen LogP contribution < -0.4 is 5.73 Å². The summed E-state index contributed by atoms with van der Waals surface area (Å²) in [5.74, 6) is -0.0427. The minimum atomic E-state index is -3.09. The molecule has 0 unspecified atom stereocenters. The summed E-state index contributed by atoms with van der Waals surface area (Å²) in [5.41, 5.74) is 7.09. The minimum absolute atomic E-state index is 0.0541. The first kappa shape index (κ1) is 15.9. The zero-order chi connectivity index (χ0) is 14.3. The second-order valence-electron chi connectivity index (χ2n) is 4.56. The number of Topliss-reactive ketones (excluding diaryl/α,β-unsaturated/α-hetero) is 1. The van der Waals surface area contributed by atoms with Gasteiger partial charge in [-0.2, -0.15) is 0 Å². The van der Waals surface area contributed by atoms with Gasteiger partial charge in [-0.15, -0.1) is 0 Å². The van der Waals surface area contributed by atoms with E-state index in [2.05, 4.69) is 0 Å². The maximum absolute atomic E-state index is 11.9. The van der Waals surface area contributed by atoms with E-state index in [0.29, 0.717) is 18.5 Å². The van der Waals surface area contributed by atoms with E-state index >= 15 is 0 Å². The second kappa shape index (κ2) is 7.40. The summed E-state index contributed by atoms with van der Waals surface area (Å²) < 4.78 is 23.1. The first-order valence-electron chi connectivity index (χ1n) is 6.51. The van der Waals surface area contributed by atoms with Crippen LogP contribution in [0.3, 0.4) is 0 Å². The summed E-state index contributed by atoms with van der Waals surface area (Å²) >= 11 is 0. The van der Waals surface area contributed by atoms with Crippen LogP contribution in [0.5, 0.6) is 0 Å². The van der Waals surface area contributed by atoms with Crippen molar-refractivity contribution in [3.63, 3.8) is 0 Å². The molecule has 19 heavy (non-hydrogen) atoms. The van der Waals surface area contributed by atoms with Gasteiger partial charge in [-0.1, -0.05) is 31.2 Å². The van der Waals surface area contributed by atoms with E-state index in [9.17, 15) is 13.2 Å². The summed E-state index contributed by atoms with van der Waals surface area (Å²) in [4.78, 5) is 11.9. The lowest BCUT2D eigenvalue weighted by Crippen LogP contribution is -2.14. The monoisotopic (exact) mass is 283 g/mol. The number of benzene rings is 1. The summed E-state index contributed by atoms with van der Waals surface area (Å²) in [7, 11) is -3.09. The van der Waals surface area contributed by atoms with Gasteiger partial charge in [-0.05, 0) is 24.9 Å². The fraction of sp³-hybridized carbons (Fsp3) is 0.500. The maximum Gasteiger partial charge on any atom is 0.163 e. The molecule has 0 radical (unpaired) electrons. The van der Waals surface area contributed by atoms with Crippen LogP contribution in [0, 0.1) is 0 Å². The molecule has 0 amide bonds. The highest BCUT2D eigenvalue weighted by atomic mass is 32.2. The summed E-state index contributed by atoms with van der Waals surface area (Å²) in [6, 6.07) is 7.20. The molecule has 4 nitrogen and oxygen atoms in total. The largest absolute Gasteiger partial charge is 0.330 e. The Morgan fingerprint density at radius 2 is 1.79 bits per heavy atom. The van der Waals surface area contributed by atoms with Crippen molar-refractivity contribution in [1.29, 1.82) is 0 Å².